The Morgan fingerprint density at radius 2 is 1.13 bits per heavy atom. The molecule has 5 heteroatoms. The van der Waals surface area contributed by atoms with Crippen molar-refractivity contribution in [3.05, 3.63) is 182 Å². The molecule has 0 unspecified atom stereocenters. The smallest absolute Gasteiger partial charge is 0.228 e. The fraction of sp³-hybridized carbons (Fsp3) is 0. The van der Waals surface area contributed by atoms with E-state index < -0.39 is 0 Å². The largest absolute Gasteiger partial charge is 0.436 e. The molecule has 0 aliphatic heterocycles. The highest BCUT2D eigenvalue weighted by atomic mass is 16.3. The Bertz CT molecular complexity index is 2950. The first-order valence-corrected chi connectivity index (χ1v) is 17.6. The topological polar surface area (TPSA) is 64.7 Å². The van der Waals surface area contributed by atoms with Crippen LogP contribution in [0.5, 0.6) is 0 Å². The highest BCUT2D eigenvalue weighted by molar-refractivity contribution is 6.05. The van der Waals surface area contributed by atoms with Gasteiger partial charge in [0.25, 0.3) is 0 Å². The Hall–Kier alpha value is -7.24. The first-order valence-electron chi connectivity index (χ1n) is 17.6. The van der Waals surface area contributed by atoms with Gasteiger partial charge in [-0.05, 0) is 86.6 Å². The molecular formula is C48H30N4O. The molecule has 0 aliphatic rings. The van der Waals surface area contributed by atoms with Crippen LogP contribution in [0, 0.1) is 0 Å². The highest BCUT2D eigenvalue weighted by Crippen LogP contribution is 2.41. The maximum Gasteiger partial charge on any atom is 0.228 e. The van der Waals surface area contributed by atoms with Gasteiger partial charge in [-0.1, -0.05) is 127 Å². The van der Waals surface area contributed by atoms with Gasteiger partial charge in [-0.2, -0.15) is 0 Å². The molecule has 10 rings (SSSR count). The minimum Gasteiger partial charge on any atom is -0.436 e. The number of rotatable bonds is 6. The maximum atomic E-state index is 6.21. The molecule has 0 fully saturated rings. The SMILES string of the molecule is c1ccc(-c2nc(-c3cccc(-c4ccc5ccccc5c4-c4cccc(-c5ccc6nc(-c7cccnc7)oc6c5)c4)c3)c3ccccc3n2)cc1. The van der Waals surface area contributed by atoms with Crippen molar-refractivity contribution in [1.82, 2.24) is 19.9 Å². The van der Waals surface area contributed by atoms with E-state index in [1.165, 1.54) is 16.3 Å². The van der Waals surface area contributed by atoms with Crippen molar-refractivity contribution in [2.75, 3.05) is 0 Å². The molecule has 0 aliphatic carbocycles. The third-order valence-corrected chi connectivity index (χ3v) is 9.79. The molecule has 0 bridgehead atoms. The summed E-state index contributed by atoms with van der Waals surface area (Å²) in [6, 6.07) is 59.1. The fourth-order valence-electron chi connectivity index (χ4n) is 7.24. The van der Waals surface area contributed by atoms with E-state index in [1.807, 2.05) is 42.5 Å². The van der Waals surface area contributed by atoms with Gasteiger partial charge in [-0.15, -0.1) is 0 Å². The van der Waals surface area contributed by atoms with Gasteiger partial charge in [0, 0.05) is 28.9 Å². The summed E-state index contributed by atoms with van der Waals surface area (Å²) in [7, 11) is 0. The molecule has 53 heavy (non-hydrogen) atoms. The molecule has 0 spiro atoms. The van der Waals surface area contributed by atoms with Gasteiger partial charge in [0.15, 0.2) is 11.4 Å². The zero-order valence-corrected chi connectivity index (χ0v) is 28.5. The lowest BCUT2D eigenvalue weighted by Crippen LogP contribution is -1.95. The van der Waals surface area contributed by atoms with Crippen LogP contribution < -0.4 is 0 Å². The Balaban J connectivity index is 1.10. The van der Waals surface area contributed by atoms with Crippen LogP contribution in [-0.2, 0) is 0 Å². The van der Waals surface area contributed by atoms with Crippen molar-refractivity contribution >= 4 is 32.8 Å². The second-order valence-corrected chi connectivity index (χ2v) is 13.1. The molecule has 10 aromatic rings. The van der Waals surface area contributed by atoms with Crippen molar-refractivity contribution in [2.24, 2.45) is 0 Å². The molecule has 5 nitrogen and oxygen atoms in total. The van der Waals surface area contributed by atoms with Gasteiger partial charge >= 0.3 is 0 Å². The monoisotopic (exact) mass is 678 g/mol. The standard InChI is InChI=1S/C48H30N4O/c1-2-12-32(13-3-1)47-50-42-21-7-6-20-41(42)46(52-47)37-17-9-15-35(28-37)40-24-22-31-11-4-5-19-39(31)45(40)36-16-8-14-33(27-36)34-23-25-43-44(29-34)53-48(51-43)38-18-10-26-49-30-38/h1-30H. The van der Waals surface area contributed by atoms with E-state index >= 15 is 0 Å². The normalized spacial score (nSPS) is 11.4. The average molecular weight is 679 g/mol. The lowest BCUT2D eigenvalue weighted by Gasteiger charge is -2.16. The van der Waals surface area contributed by atoms with E-state index in [1.54, 1.807) is 12.4 Å². The minimum atomic E-state index is 0.563. The van der Waals surface area contributed by atoms with Crippen LogP contribution in [0.2, 0.25) is 0 Å². The Kier molecular flexibility index (Phi) is 7.40. The average Bonchev–Trinajstić information content (AvgIpc) is 3.67. The number of pyridine rings is 1. The summed E-state index contributed by atoms with van der Waals surface area (Å²) >= 11 is 0. The summed E-state index contributed by atoms with van der Waals surface area (Å²) in [5.41, 5.74) is 13.0. The van der Waals surface area contributed by atoms with E-state index in [-0.39, 0.29) is 0 Å². The number of nitrogens with zero attached hydrogens (tertiary/aromatic N) is 4. The molecule has 3 aromatic heterocycles. The summed E-state index contributed by atoms with van der Waals surface area (Å²) in [5, 5.41) is 3.40. The Labute approximate surface area is 305 Å². The molecule has 0 atom stereocenters. The zero-order chi connectivity index (χ0) is 35.1. The van der Waals surface area contributed by atoms with Gasteiger partial charge in [0.2, 0.25) is 5.89 Å². The van der Waals surface area contributed by atoms with E-state index in [0.717, 1.165) is 72.2 Å². The minimum absolute atomic E-state index is 0.563. The van der Waals surface area contributed by atoms with Gasteiger partial charge < -0.3 is 4.42 Å². The van der Waals surface area contributed by atoms with Crippen molar-refractivity contribution in [1.29, 1.82) is 0 Å². The summed E-state index contributed by atoms with van der Waals surface area (Å²) in [6.45, 7) is 0. The predicted molar refractivity (Wildman–Crippen MR) is 215 cm³/mol. The first-order chi connectivity index (χ1) is 26.2. The maximum absolute atomic E-state index is 6.21. The molecule has 0 N–H and O–H groups in total. The number of hydrogen-bond acceptors (Lipinski definition) is 5. The van der Waals surface area contributed by atoms with E-state index in [4.69, 9.17) is 19.4 Å². The van der Waals surface area contributed by atoms with Gasteiger partial charge in [0.1, 0.15) is 5.52 Å². The van der Waals surface area contributed by atoms with Gasteiger partial charge in [-0.25, -0.2) is 15.0 Å². The van der Waals surface area contributed by atoms with E-state index in [9.17, 15) is 0 Å². The molecule has 248 valence electrons. The second-order valence-electron chi connectivity index (χ2n) is 13.1. The summed E-state index contributed by atoms with van der Waals surface area (Å²) in [6.07, 6.45) is 3.52. The van der Waals surface area contributed by atoms with Crippen molar-refractivity contribution in [3.63, 3.8) is 0 Å². The molecule has 0 saturated carbocycles. The number of oxazole rings is 1. The van der Waals surface area contributed by atoms with Crippen LogP contribution in [0.3, 0.4) is 0 Å². The van der Waals surface area contributed by atoms with Crippen LogP contribution >= 0.6 is 0 Å². The quantitative estimate of drug-likeness (QED) is 0.175. The fourth-order valence-corrected chi connectivity index (χ4v) is 7.24. The second kappa shape index (κ2) is 12.8. The number of fused-ring (bicyclic) bond motifs is 3. The van der Waals surface area contributed by atoms with Crippen LogP contribution in [0.15, 0.2) is 187 Å². The van der Waals surface area contributed by atoms with Crippen molar-refractivity contribution in [3.8, 4) is 67.5 Å². The molecule has 0 radical (unpaired) electrons. The highest BCUT2D eigenvalue weighted by Gasteiger charge is 2.17. The van der Waals surface area contributed by atoms with Crippen molar-refractivity contribution in [2.45, 2.75) is 0 Å². The number of aromatic nitrogens is 4. The lowest BCUT2D eigenvalue weighted by molar-refractivity contribution is 0.619. The Morgan fingerprint density at radius 3 is 2.02 bits per heavy atom. The van der Waals surface area contributed by atoms with E-state index in [0.29, 0.717) is 11.7 Å². The third kappa shape index (κ3) is 5.61. The molecule has 7 aromatic carbocycles. The molecular weight excluding hydrogens is 649 g/mol. The summed E-state index contributed by atoms with van der Waals surface area (Å²) in [5.74, 6) is 1.28. The van der Waals surface area contributed by atoms with Crippen LogP contribution in [0.25, 0.3) is 100 Å². The Morgan fingerprint density at radius 1 is 0.415 bits per heavy atom. The molecule has 0 saturated heterocycles. The van der Waals surface area contributed by atoms with E-state index in [2.05, 4.69) is 132 Å². The summed E-state index contributed by atoms with van der Waals surface area (Å²) in [4.78, 5) is 19.0. The van der Waals surface area contributed by atoms with Crippen LogP contribution in [-0.4, -0.2) is 19.9 Å². The van der Waals surface area contributed by atoms with Crippen molar-refractivity contribution < 1.29 is 4.42 Å². The lowest BCUT2D eigenvalue weighted by atomic mass is 9.88. The van der Waals surface area contributed by atoms with Crippen LogP contribution in [0.4, 0.5) is 0 Å². The zero-order valence-electron chi connectivity index (χ0n) is 28.5. The molecule has 3 heterocycles. The predicted octanol–water partition coefficient (Wildman–Crippen LogP) is 12.3. The number of para-hydroxylation sites is 1. The number of hydrogen-bond donors (Lipinski definition) is 0. The molecule has 0 amide bonds. The van der Waals surface area contributed by atoms with Crippen LogP contribution in [0.1, 0.15) is 0 Å². The first kappa shape index (κ1) is 30.6. The number of benzene rings is 7. The van der Waals surface area contributed by atoms with Gasteiger partial charge in [-0.3, -0.25) is 4.98 Å². The van der Waals surface area contributed by atoms with Gasteiger partial charge in [0.05, 0.1) is 16.8 Å². The third-order valence-electron chi connectivity index (χ3n) is 9.79. The summed E-state index contributed by atoms with van der Waals surface area (Å²) < 4.78 is 6.21.